The van der Waals surface area contributed by atoms with Gasteiger partial charge < -0.3 is 9.30 Å². The molecule has 1 N–H and O–H groups in total. The summed E-state index contributed by atoms with van der Waals surface area (Å²) in [5.74, 6) is 0.353. The Morgan fingerprint density at radius 3 is 2.67 bits per heavy atom. The summed E-state index contributed by atoms with van der Waals surface area (Å²) in [7, 11) is 0. The van der Waals surface area contributed by atoms with Gasteiger partial charge in [-0.3, -0.25) is 10.2 Å². The Morgan fingerprint density at radius 1 is 1.05 bits per heavy atom. The molecule has 0 saturated heterocycles. The fourth-order valence-corrected chi connectivity index (χ4v) is 5.74. The van der Waals surface area contributed by atoms with Gasteiger partial charge in [0.1, 0.15) is 17.4 Å². The molecule has 3 heterocycles. The van der Waals surface area contributed by atoms with Crippen LogP contribution in [0.15, 0.2) is 88.6 Å². The Hall–Kier alpha value is -4.14. The number of nitrogens with one attached hydrogen (secondary N) is 1. The van der Waals surface area contributed by atoms with Crippen molar-refractivity contribution in [2.24, 2.45) is 10.1 Å². The zero-order chi connectivity index (χ0) is 27.1. The molecule has 0 fully saturated rings. The molecule has 1 aromatic heterocycles. The monoisotopic (exact) mass is 553 g/mol. The molecule has 6 rings (SSSR count). The van der Waals surface area contributed by atoms with Gasteiger partial charge in [0.25, 0.3) is 5.91 Å². The number of amidine groups is 2. The van der Waals surface area contributed by atoms with Crippen LogP contribution in [0.4, 0.5) is 0 Å². The van der Waals surface area contributed by atoms with E-state index in [0.29, 0.717) is 28.4 Å². The number of hydrogen-bond acceptors (Lipinski definition) is 5. The van der Waals surface area contributed by atoms with Crippen molar-refractivity contribution >= 4 is 62.3 Å². The molecule has 0 spiro atoms. The topological polar surface area (TPSA) is 83.0 Å². The van der Waals surface area contributed by atoms with Crippen LogP contribution in [-0.4, -0.2) is 38.1 Å². The Balaban J connectivity index is 1.28. The summed E-state index contributed by atoms with van der Waals surface area (Å²) < 4.78 is 8.12. The number of hydrogen-bond donors (Lipinski definition) is 1. The summed E-state index contributed by atoms with van der Waals surface area (Å²) in [6, 6.07) is 21.4. The van der Waals surface area contributed by atoms with Crippen LogP contribution in [0.5, 0.6) is 5.75 Å². The predicted molar refractivity (Wildman–Crippen MR) is 159 cm³/mol. The number of aryl methyl sites for hydroxylation is 2. The number of aromatic nitrogens is 1. The van der Waals surface area contributed by atoms with Crippen LogP contribution >= 0.6 is 23.4 Å². The summed E-state index contributed by atoms with van der Waals surface area (Å²) in [4.78, 5) is 17.3. The van der Waals surface area contributed by atoms with E-state index < -0.39 is 5.91 Å². The number of fused-ring (bicyclic) bond motifs is 2. The molecule has 1 amide bonds. The second-order valence-electron chi connectivity index (χ2n) is 9.29. The van der Waals surface area contributed by atoms with E-state index in [9.17, 15) is 4.79 Å². The second kappa shape index (κ2) is 10.2. The maximum absolute atomic E-state index is 13.0. The van der Waals surface area contributed by atoms with Gasteiger partial charge in [-0.05, 0) is 67.1 Å². The molecule has 7 nitrogen and oxygen atoms in total. The van der Waals surface area contributed by atoms with Crippen molar-refractivity contribution < 1.29 is 9.53 Å². The molecule has 3 aromatic carbocycles. The molecule has 0 bridgehead atoms. The van der Waals surface area contributed by atoms with E-state index in [0.717, 1.165) is 27.8 Å². The van der Waals surface area contributed by atoms with Gasteiger partial charge in [-0.15, -0.1) is 0 Å². The first-order chi connectivity index (χ1) is 18.9. The minimum atomic E-state index is -0.468. The molecular weight excluding hydrogens is 530 g/mol. The first-order valence-corrected chi connectivity index (χ1v) is 13.6. The van der Waals surface area contributed by atoms with Crippen molar-refractivity contribution in [3.05, 3.63) is 106 Å². The van der Waals surface area contributed by atoms with Crippen LogP contribution in [0.2, 0.25) is 5.02 Å². The van der Waals surface area contributed by atoms with Gasteiger partial charge in [-0.25, -0.2) is 0 Å². The van der Waals surface area contributed by atoms with Crippen molar-refractivity contribution in [1.82, 2.24) is 9.58 Å². The summed E-state index contributed by atoms with van der Waals surface area (Å²) in [6.07, 6.45) is 3.71. The van der Waals surface area contributed by atoms with Crippen LogP contribution in [0.3, 0.4) is 0 Å². The lowest BCUT2D eigenvalue weighted by Crippen LogP contribution is -2.35. The Kier molecular flexibility index (Phi) is 6.58. The molecule has 0 unspecified atom stereocenters. The molecule has 0 aliphatic carbocycles. The van der Waals surface area contributed by atoms with Crippen LogP contribution in [0.1, 0.15) is 22.3 Å². The van der Waals surface area contributed by atoms with Gasteiger partial charge in [0.2, 0.25) is 5.17 Å². The molecule has 9 heteroatoms. The van der Waals surface area contributed by atoms with E-state index in [-0.39, 0.29) is 11.4 Å². The molecule has 0 radical (unpaired) electrons. The van der Waals surface area contributed by atoms with E-state index in [1.165, 1.54) is 27.9 Å². The first kappa shape index (κ1) is 25.2. The van der Waals surface area contributed by atoms with E-state index in [2.05, 4.69) is 34.6 Å². The average molecular weight is 554 g/mol. The number of aliphatic imine (C=N–C) groups is 1. The SMILES string of the molecule is Cc1ccc(OCCn2cc(/C=C3/C(=N)N4N=C(c5ccccc5Cl)SC4=NC3=O)c3ccccc32)cc1C. The number of nitrogens with zero attached hydrogens (tertiary/aromatic N) is 4. The van der Waals surface area contributed by atoms with E-state index in [1.807, 2.05) is 60.8 Å². The number of para-hydroxylation sites is 1. The van der Waals surface area contributed by atoms with Crippen molar-refractivity contribution in [3.8, 4) is 5.75 Å². The zero-order valence-electron chi connectivity index (χ0n) is 21.3. The van der Waals surface area contributed by atoms with Gasteiger partial charge in [-0.1, -0.05) is 54.1 Å². The zero-order valence-corrected chi connectivity index (χ0v) is 22.9. The lowest BCUT2D eigenvalue weighted by atomic mass is 10.1. The average Bonchev–Trinajstić information content (AvgIpc) is 3.51. The van der Waals surface area contributed by atoms with Gasteiger partial charge in [-0.2, -0.15) is 15.1 Å². The Labute approximate surface area is 235 Å². The maximum Gasteiger partial charge on any atom is 0.283 e. The third-order valence-electron chi connectivity index (χ3n) is 6.76. The number of carbonyl (C=O) groups is 1. The van der Waals surface area contributed by atoms with Crippen LogP contribution in [0, 0.1) is 19.3 Å². The first-order valence-electron chi connectivity index (χ1n) is 12.4. The molecule has 4 aromatic rings. The van der Waals surface area contributed by atoms with E-state index in [4.69, 9.17) is 21.7 Å². The number of amides is 1. The quantitative estimate of drug-likeness (QED) is 0.271. The van der Waals surface area contributed by atoms with Gasteiger partial charge in [0, 0.05) is 28.2 Å². The maximum atomic E-state index is 13.0. The van der Waals surface area contributed by atoms with Gasteiger partial charge in [0.05, 0.1) is 17.1 Å². The number of carbonyl (C=O) groups excluding carboxylic acids is 1. The highest BCUT2D eigenvalue weighted by Gasteiger charge is 2.36. The Bertz CT molecular complexity index is 1750. The fourth-order valence-electron chi connectivity index (χ4n) is 4.53. The van der Waals surface area contributed by atoms with Crippen molar-refractivity contribution in [2.45, 2.75) is 20.4 Å². The highest BCUT2D eigenvalue weighted by atomic mass is 35.5. The lowest BCUT2D eigenvalue weighted by Gasteiger charge is -2.20. The number of hydrazone groups is 1. The number of rotatable bonds is 6. The van der Waals surface area contributed by atoms with Crippen molar-refractivity contribution in [1.29, 1.82) is 5.41 Å². The molecule has 0 saturated carbocycles. The van der Waals surface area contributed by atoms with Gasteiger partial charge >= 0.3 is 0 Å². The smallest absolute Gasteiger partial charge is 0.283 e. The summed E-state index contributed by atoms with van der Waals surface area (Å²) in [6.45, 7) is 5.27. The van der Waals surface area contributed by atoms with Crippen LogP contribution in [0.25, 0.3) is 17.0 Å². The summed E-state index contributed by atoms with van der Waals surface area (Å²) in [5.41, 5.74) is 5.18. The van der Waals surface area contributed by atoms with Crippen LogP contribution in [-0.2, 0) is 11.3 Å². The highest BCUT2D eigenvalue weighted by Crippen LogP contribution is 2.34. The fraction of sp³-hybridized carbons (Fsp3) is 0.133. The largest absolute Gasteiger partial charge is 0.492 e. The molecule has 2 aliphatic rings. The molecule has 39 heavy (non-hydrogen) atoms. The lowest BCUT2D eigenvalue weighted by molar-refractivity contribution is -0.114. The number of halogens is 1. The minimum absolute atomic E-state index is 0.0190. The molecule has 2 aliphatic heterocycles. The molecule has 194 valence electrons. The highest BCUT2D eigenvalue weighted by molar-refractivity contribution is 8.27. The molecule has 0 atom stereocenters. The third kappa shape index (κ3) is 4.77. The van der Waals surface area contributed by atoms with Crippen molar-refractivity contribution in [2.75, 3.05) is 6.61 Å². The summed E-state index contributed by atoms with van der Waals surface area (Å²) in [5, 5.41) is 17.2. The normalized spacial score (nSPS) is 16.1. The van der Waals surface area contributed by atoms with E-state index >= 15 is 0 Å². The van der Waals surface area contributed by atoms with Crippen molar-refractivity contribution in [3.63, 3.8) is 0 Å². The number of thioether (sulfide) groups is 1. The number of ether oxygens (including phenoxy) is 1. The standard InChI is InChI=1S/C30H24ClN5O2S/c1-18-11-12-21(15-19(18)2)38-14-13-35-17-20(22-7-4-6-10-26(22)35)16-24-27(32)36-30(33-28(24)37)39-29(34-36)23-8-3-5-9-25(23)31/h3-12,15-17,32H,13-14H2,1-2H3/b24-16-,32-27?. The second-order valence-corrected chi connectivity index (χ2v) is 10.7. The summed E-state index contributed by atoms with van der Waals surface area (Å²) >= 11 is 7.58. The predicted octanol–water partition coefficient (Wildman–Crippen LogP) is 6.66. The van der Waals surface area contributed by atoms with E-state index in [1.54, 1.807) is 12.1 Å². The number of benzene rings is 3. The van der Waals surface area contributed by atoms with Crippen LogP contribution < -0.4 is 4.74 Å². The Morgan fingerprint density at radius 2 is 1.85 bits per heavy atom. The van der Waals surface area contributed by atoms with Gasteiger partial charge in [0.15, 0.2) is 5.84 Å². The third-order valence-corrected chi connectivity index (χ3v) is 8.03. The minimum Gasteiger partial charge on any atom is -0.492 e. The molecular formula is C30H24ClN5O2S.